The van der Waals surface area contributed by atoms with Gasteiger partial charge < -0.3 is 0 Å². The number of aryl methyl sites for hydroxylation is 1. The lowest BCUT2D eigenvalue weighted by Crippen LogP contribution is -1.98. The highest BCUT2D eigenvalue weighted by Crippen LogP contribution is 2.23. The van der Waals surface area contributed by atoms with Crippen molar-refractivity contribution in [1.29, 1.82) is 0 Å². The Morgan fingerprint density at radius 1 is 0.923 bits per heavy atom. The van der Waals surface area contributed by atoms with Gasteiger partial charge in [-0.1, -0.05) is 26.8 Å². The molecule has 0 bridgehead atoms. The predicted octanol–water partition coefficient (Wildman–Crippen LogP) is 3.66. The van der Waals surface area contributed by atoms with E-state index in [1.54, 1.807) is 0 Å². The summed E-state index contributed by atoms with van der Waals surface area (Å²) in [4.78, 5) is 1.15. The molecule has 0 aliphatic heterocycles. The number of rotatable bonds is 3. The van der Waals surface area contributed by atoms with Crippen LogP contribution in [-0.2, 0) is 19.3 Å². The quantitative estimate of drug-likeness (QED) is 0.697. The van der Waals surface area contributed by atoms with Gasteiger partial charge in [-0.2, -0.15) is 0 Å². The van der Waals surface area contributed by atoms with Gasteiger partial charge in [0, 0.05) is 4.90 Å². The van der Waals surface area contributed by atoms with Gasteiger partial charge in [0.1, 0.15) is 0 Å². The molecule has 72 valence electrons. The minimum Gasteiger partial charge on any atom is -0.143 e. The first kappa shape index (κ1) is 10.6. The fourth-order valence-electron chi connectivity index (χ4n) is 1.90. The monoisotopic (exact) mass is 194 g/mol. The van der Waals surface area contributed by atoms with Crippen LogP contribution in [0.5, 0.6) is 0 Å². The molecule has 0 amide bonds. The molecule has 1 rings (SSSR count). The minimum absolute atomic E-state index is 1.09. The van der Waals surface area contributed by atoms with Crippen molar-refractivity contribution in [2.75, 3.05) is 0 Å². The molecule has 1 heteroatoms. The Bertz CT molecular complexity index is 289. The Morgan fingerprint density at radius 2 is 1.54 bits per heavy atom. The second-order valence-corrected chi connectivity index (χ2v) is 3.74. The highest BCUT2D eigenvalue weighted by atomic mass is 32.1. The molecular weight excluding hydrogens is 176 g/mol. The highest BCUT2D eigenvalue weighted by Gasteiger charge is 2.06. The van der Waals surface area contributed by atoms with Crippen LogP contribution in [0.3, 0.4) is 0 Å². The van der Waals surface area contributed by atoms with Gasteiger partial charge in [0.15, 0.2) is 0 Å². The number of benzene rings is 1. The Hall–Kier alpha value is -0.430. The molecule has 0 saturated heterocycles. The fraction of sp³-hybridized carbons (Fsp3) is 0.500. The summed E-state index contributed by atoms with van der Waals surface area (Å²) in [6.45, 7) is 6.64. The summed E-state index contributed by atoms with van der Waals surface area (Å²) >= 11 is 4.49. The third kappa shape index (κ3) is 2.08. The first-order valence-electron chi connectivity index (χ1n) is 5.07. The van der Waals surface area contributed by atoms with Crippen LogP contribution >= 0.6 is 12.6 Å². The van der Waals surface area contributed by atoms with E-state index in [9.17, 15) is 0 Å². The summed E-state index contributed by atoms with van der Waals surface area (Å²) in [6, 6.07) is 4.33. The van der Waals surface area contributed by atoms with E-state index in [4.69, 9.17) is 0 Å². The van der Waals surface area contributed by atoms with Gasteiger partial charge in [-0.15, -0.1) is 12.6 Å². The largest absolute Gasteiger partial charge is 0.143 e. The van der Waals surface area contributed by atoms with Gasteiger partial charge in [-0.3, -0.25) is 0 Å². The zero-order valence-corrected chi connectivity index (χ0v) is 9.62. The lowest BCUT2D eigenvalue weighted by atomic mass is 9.96. The van der Waals surface area contributed by atoms with Gasteiger partial charge >= 0.3 is 0 Å². The smallest absolute Gasteiger partial charge is 0.00748 e. The molecule has 0 radical (unpaired) electrons. The van der Waals surface area contributed by atoms with E-state index in [1.807, 2.05) is 0 Å². The van der Waals surface area contributed by atoms with Gasteiger partial charge in [-0.25, -0.2) is 0 Å². The molecule has 0 atom stereocenters. The van der Waals surface area contributed by atoms with Crippen molar-refractivity contribution in [1.82, 2.24) is 0 Å². The summed E-state index contributed by atoms with van der Waals surface area (Å²) in [5.74, 6) is 0. The molecule has 0 nitrogen and oxygen atoms in total. The molecule has 0 heterocycles. The summed E-state index contributed by atoms with van der Waals surface area (Å²) in [5, 5.41) is 0. The molecule has 0 fully saturated rings. The molecule has 13 heavy (non-hydrogen) atoms. The van der Waals surface area contributed by atoms with E-state index in [0.717, 1.165) is 24.2 Å². The Kier molecular flexibility index (Phi) is 3.86. The van der Waals surface area contributed by atoms with Gasteiger partial charge in [-0.05, 0) is 42.0 Å². The van der Waals surface area contributed by atoms with E-state index < -0.39 is 0 Å². The maximum absolute atomic E-state index is 4.49. The number of thiol groups is 1. The normalized spacial score (nSPS) is 10.5. The van der Waals surface area contributed by atoms with E-state index in [1.165, 1.54) is 16.7 Å². The van der Waals surface area contributed by atoms with Gasteiger partial charge in [0.2, 0.25) is 0 Å². The van der Waals surface area contributed by atoms with Crippen molar-refractivity contribution in [2.45, 2.75) is 44.9 Å². The molecule has 1 aromatic rings. The third-order valence-corrected chi connectivity index (χ3v) is 3.01. The zero-order chi connectivity index (χ0) is 9.84. The first-order valence-corrected chi connectivity index (χ1v) is 5.51. The van der Waals surface area contributed by atoms with Crippen LogP contribution in [0.25, 0.3) is 0 Å². The summed E-state index contributed by atoms with van der Waals surface area (Å²) < 4.78 is 0. The Balaban J connectivity index is 3.27. The topological polar surface area (TPSA) is 0 Å². The van der Waals surface area contributed by atoms with Crippen LogP contribution in [0.2, 0.25) is 0 Å². The van der Waals surface area contributed by atoms with Gasteiger partial charge in [0.25, 0.3) is 0 Å². The zero-order valence-electron chi connectivity index (χ0n) is 8.72. The van der Waals surface area contributed by atoms with Crippen molar-refractivity contribution < 1.29 is 0 Å². The molecule has 1 aromatic carbocycles. The highest BCUT2D eigenvalue weighted by molar-refractivity contribution is 7.80. The number of hydrogen-bond acceptors (Lipinski definition) is 1. The molecule has 0 saturated carbocycles. The van der Waals surface area contributed by atoms with Crippen LogP contribution in [0.1, 0.15) is 37.5 Å². The molecule has 0 N–H and O–H groups in total. The second kappa shape index (κ2) is 4.71. The number of hydrogen-bond donors (Lipinski definition) is 1. The molecule has 0 aliphatic rings. The molecule has 0 aromatic heterocycles. The standard InChI is InChI=1S/C12H18S/c1-4-9-7-8-12(13)11(6-3)10(9)5-2/h7-8,13H,4-6H2,1-3H3. The fourth-order valence-corrected chi connectivity index (χ4v) is 2.26. The average molecular weight is 194 g/mol. The van der Waals surface area contributed by atoms with Crippen molar-refractivity contribution in [3.63, 3.8) is 0 Å². The minimum atomic E-state index is 1.09. The van der Waals surface area contributed by atoms with Crippen LogP contribution in [-0.4, -0.2) is 0 Å². The van der Waals surface area contributed by atoms with E-state index in [-0.39, 0.29) is 0 Å². The van der Waals surface area contributed by atoms with Crippen molar-refractivity contribution in [3.8, 4) is 0 Å². The maximum Gasteiger partial charge on any atom is 0.00748 e. The van der Waals surface area contributed by atoms with Gasteiger partial charge in [0.05, 0.1) is 0 Å². The third-order valence-electron chi connectivity index (χ3n) is 2.59. The van der Waals surface area contributed by atoms with E-state index in [0.29, 0.717) is 0 Å². The molecule has 0 aliphatic carbocycles. The van der Waals surface area contributed by atoms with E-state index in [2.05, 4.69) is 45.5 Å². The van der Waals surface area contributed by atoms with Crippen molar-refractivity contribution in [2.24, 2.45) is 0 Å². The molecular formula is C12H18S. The van der Waals surface area contributed by atoms with E-state index >= 15 is 0 Å². The lowest BCUT2D eigenvalue weighted by molar-refractivity contribution is 0.953. The average Bonchev–Trinajstić information content (AvgIpc) is 2.17. The summed E-state index contributed by atoms with van der Waals surface area (Å²) in [5.41, 5.74) is 4.43. The summed E-state index contributed by atoms with van der Waals surface area (Å²) in [7, 11) is 0. The Morgan fingerprint density at radius 3 is 2.00 bits per heavy atom. The van der Waals surface area contributed by atoms with Crippen LogP contribution in [0, 0.1) is 0 Å². The van der Waals surface area contributed by atoms with Crippen LogP contribution < -0.4 is 0 Å². The SMILES string of the molecule is CCc1ccc(S)c(CC)c1CC. The summed E-state index contributed by atoms with van der Waals surface area (Å²) in [6.07, 6.45) is 3.35. The molecule has 0 spiro atoms. The van der Waals surface area contributed by atoms with Crippen molar-refractivity contribution in [3.05, 3.63) is 28.8 Å². The maximum atomic E-state index is 4.49. The van der Waals surface area contributed by atoms with Crippen molar-refractivity contribution >= 4 is 12.6 Å². The second-order valence-electron chi connectivity index (χ2n) is 3.26. The Labute approximate surface area is 86.8 Å². The van der Waals surface area contributed by atoms with Crippen LogP contribution in [0.4, 0.5) is 0 Å². The van der Waals surface area contributed by atoms with Crippen LogP contribution in [0.15, 0.2) is 17.0 Å². The first-order chi connectivity index (χ1) is 6.24. The lowest BCUT2D eigenvalue weighted by Gasteiger charge is -2.13. The molecule has 0 unspecified atom stereocenters. The predicted molar refractivity (Wildman–Crippen MR) is 61.8 cm³/mol.